The number of anilines is 1. The van der Waals surface area contributed by atoms with E-state index in [9.17, 15) is 24.0 Å². The van der Waals surface area contributed by atoms with Crippen LogP contribution in [0.25, 0.3) is 0 Å². The van der Waals surface area contributed by atoms with E-state index in [4.69, 9.17) is 9.47 Å². The van der Waals surface area contributed by atoms with E-state index in [0.717, 1.165) is 16.9 Å². The van der Waals surface area contributed by atoms with Crippen molar-refractivity contribution in [3.8, 4) is 0 Å². The number of likely N-dealkylation sites (tertiary alicyclic amines) is 1. The zero-order valence-corrected chi connectivity index (χ0v) is 24.7. The second-order valence-corrected chi connectivity index (χ2v) is 9.83. The Morgan fingerprint density at radius 1 is 0.800 bits per heavy atom. The van der Waals surface area contributed by atoms with Gasteiger partial charge in [-0.2, -0.15) is 11.8 Å². The molecule has 3 N–H and O–H groups in total. The molecule has 1 saturated heterocycles. The summed E-state index contributed by atoms with van der Waals surface area (Å²) in [7, 11) is 0. The van der Waals surface area contributed by atoms with Crippen molar-refractivity contribution in [2.75, 3.05) is 63.9 Å². The normalized spacial score (nSPS) is 12.5. The largest absolute Gasteiger partial charge is 0.379 e. The average molecular weight is 581 g/mol. The number of hydrogen-bond acceptors (Lipinski definition) is 8. The second-order valence-electron chi connectivity index (χ2n) is 9.02. The number of carbonyl (C=O) groups is 5. The fourth-order valence-electron chi connectivity index (χ4n) is 3.51. The number of ether oxygens (including phenoxy) is 2. The van der Waals surface area contributed by atoms with Crippen LogP contribution in [0.4, 0.5) is 5.69 Å². The van der Waals surface area contributed by atoms with Crippen LogP contribution in [-0.2, 0) is 39.9 Å². The molecule has 224 valence electrons. The van der Waals surface area contributed by atoms with Crippen LogP contribution in [0.5, 0.6) is 0 Å². The third kappa shape index (κ3) is 16.2. The summed E-state index contributed by atoms with van der Waals surface area (Å²) in [5.74, 6) is -0.822. The molecule has 0 saturated carbocycles. The smallest absolute Gasteiger partial charge is 0.229 e. The van der Waals surface area contributed by atoms with Crippen LogP contribution >= 0.6 is 11.8 Å². The first-order valence-corrected chi connectivity index (χ1v) is 15.2. The molecule has 2 rings (SSSR count). The molecule has 0 aromatic heterocycles. The van der Waals surface area contributed by atoms with Crippen molar-refractivity contribution in [3.05, 3.63) is 29.8 Å². The van der Waals surface area contributed by atoms with Gasteiger partial charge in [0.05, 0.1) is 32.8 Å². The molecule has 0 atom stereocenters. The highest BCUT2D eigenvalue weighted by atomic mass is 32.2. The average Bonchev–Trinajstić information content (AvgIpc) is 3.26. The summed E-state index contributed by atoms with van der Waals surface area (Å²) < 4.78 is 10.8. The molecule has 1 aliphatic heterocycles. The highest BCUT2D eigenvalue weighted by Crippen LogP contribution is 2.12. The molecule has 1 aromatic carbocycles. The highest BCUT2D eigenvalue weighted by Gasteiger charge is 2.28. The maximum absolute atomic E-state index is 12.1. The topological polar surface area (TPSA) is 143 Å². The predicted octanol–water partition coefficient (Wildman–Crippen LogP) is 2.14. The Morgan fingerprint density at radius 3 is 2.00 bits per heavy atom. The lowest BCUT2D eigenvalue weighted by molar-refractivity contribution is -0.138. The van der Waals surface area contributed by atoms with Gasteiger partial charge < -0.3 is 25.4 Å². The van der Waals surface area contributed by atoms with Crippen LogP contribution < -0.4 is 16.0 Å². The van der Waals surface area contributed by atoms with E-state index in [2.05, 4.69) is 16.0 Å². The zero-order chi connectivity index (χ0) is 29.6. The van der Waals surface area contributed by atoms with E-state index in [1.54, 1.807) is 11.8 Å². The van der Waals surface area contributed by atoms with Gasteiger partial charge in [0.15, 0.2) is 0 Å². The number of aryl methyl sites for hydroxylation is 1. The molecular formula is C28H44N4O7S. The minimum absolute atomic E-state index is 0.0407. The molecule has 11 nitrogen and oxygen atoms in total. The summed E-state index contributed by atoms with van der Waals surface area (Å²) in [6.07, 6.45) is 6.80. The van der Waals surface area contributed by atoms with Crippen molar-refractivity contribution in [1.29, 1.82) is 0 Å². The number of nitrogens with one attached hydrogen (secondary N) is 3. The third-order valence-electron chi connectivity index (χ3n) is 5.58. The number of nitrogens with zero attached hydrogens (tertiary/aromatic N) is 1. The molecule has 40 heavy (non-hydrogen) atoms. The molecule has 0 radical (unpaired) electrons. The maximum Gasteiger partial charge on any atom is 0.229 e. The summed E-state index contributed by atoms with van der Waals surface area (Å²) in [6.45, 7) is 4.33. The molecule has 12 heteroatoms. The fraction of sp³-hybridized carbons (Fsp3) is 0.607. The van der Waals surface area contributed by atoms with E-state index >= 15 is 0 Å². The van der Waals surface area contributed by atoms with Crippen molar-refractivity contribution in [2.24, 2.45) is 0 Å². The van der Waals surface area contributed by atoms with Gasteiger partial charge in [-0.1, -0.05) is 19.1 Å². The van der Waals surface area contributed by atoms with Crippen molar-refractivity contribution in [2.45, 2.75) is 51.9 Å². The standard InChI is InChI=1S/C26H38N4O7.C2H6S/c1-2-13-27-22(31)8-5-20-3-6-21(7-4-20)29-24(33)12-16-36-18-19-37-17-14-28-23(32)11-15-30-25(34)9-10-26(30)35;1-3-2/h3-4,6-7H,2,5,8-19H2,1H3,(H,27,31)(H,28,32)(H,29,33);1-2H3. The Bertz CT molecular complexity index is 912. The molecule has 1 fully saturated rings. The lowest BCUT2D eigenvalue weighted by atomic mass is 10.1. The quantitative estimate of drug-likeness (QED) is 0.177. The monoisotopic (exact) mass is 580 g/mol. The molecule has 0 unspecified atom stereocenters. The Balaban J connectivity index is 0.00000254. The number of rotatable bonds is 18. The van der Waals surface area contributed by atoms with Gasteiger partial charge in [0, 0.05) is 51.0 Å². The molecule has 1 heterocycles. The van der Waals surface area contributed by atoms with Gasteiger partial charge in [0.1, 0.15) is 0 Å². The zero-order valence-electron chi connectivity index (χ0n) is 23.9. The summed E-state index contributed by atoms with van der Waals surface area (Å²) in [5.41, 5.74) is 1.72. The van der Waals surface area contributed by atoms with E-state index in [-0.39, 0.29) is 68.4 Å². The Morgan fingerprint density at radius 2 is 1.38 bits per heavy atom. The van der Waals surface area contributed by atoms with Gasteiger partial charge in [0.25, 0.3) is 0 Å². The summed E-state index contributed by atoms with van der Waals surface area (Å²) >= 11 is 1.75. The molecule has 1 aliphatic rings. The van der Waals surface area contributed by atoms with E-state index in [1.165, 1.54) is 0 Å². The van der Waals surface area contributed by atoms with Crippen molar-refractivity contribution >= 4 is 47.0 Å². The third-order valence-corrected chi connectivity index (χ3v) is 5.58. The number of carbonyl (C=O) groups excluding carboxylic acids is 5. The fourth-order valence-corrected chi connectivity index (χ4v) is 3.51. The van der Waals surface area contributed by atoms with Crippen LogP contribution in [0.3, 0.4) is 0 Å². The Labute approximate surface area is 241 Å². The number of thioether (sulfide) groups is 1. The Kier molecular flexibility index (Phi) is 19.1. The van der Waals surface area contributed by atoms with Crippen LogP contribution in [0.15, 0.2) is 24.3 Å². The summed E-state index contributed by atoms with van der Waals surface area (Å²) in [6, 6.07) is 7.43. The van der Waals surface area contributed by atoms with Gasteiger partial charge >= 0.3 is 0 Å². The van der Waals surface area contributed by atoms with Crippen molar-refractivity contribution < 1.29 is 33.4 Å². The van der Waals surface area contributed by atoms with Gasteiger partial charge in [-0.3, -0.25) is 28.9 Å². The molecule has 5 amide bonds. The second kappa shape index (κ2) is 21.8. The number of benzene rings is 1. The minimum Gasteiger partial charge on any atom is -0.379 e. The number of imide groups is 1. The number of hydrogen-bond donors (Lipinski definition) is 3. The van der Waals surface area contributed by atoms with E-state index in [1.807, 2.05) is 43.7 Å². The lowest BCUT2D eigenvalue weighted by Crippen LogP contribution is -2.35. The van der Waals surface area contributed by atoms with Crippen LogP contribution in [0.2, 0.25) is 0 Å². The van der Waals surface area contributed by atoms with Crippen molar-refractivity contribution in [3.63, 3.8) is 0 Å². The van der Waals surface area contributed by atoms with Crippen LogP contribution in [-0.4, -0.2) is 93.0 Å². The molecule has 0 bridgehead atoms. The first-order chi connectivity index (χ1) is 19.3. The highest BCUT2D eigenvalue weighted by molar-refractivity contribution is 7.97. The van der Waals surface area contributed by atoms with Crippen LogP contribution in [0, 0.1) is 0 Å². The molecular weight excluding hydrogens is 536 g/mol. The molecule has 0 spiro atoms. The lowest BCUT2D eigenvalue weighted by Gasteiger charge is -2.13. The Hall–Kier alpha value is -2.96. The maximum atomic E-state index is 12.1. The molecule has 1 aromatic rings. The first kappa shape index (κ1) is 35.1. The van der Waals surface area contributed by atoms with E-state index in [0.29, 0.717) is 51.4 Å². The SMILES string of the molecule is CCCNC(=O)CCc1ccc(NC(=O)CCOCCOCCNC(=O)CCN2C(=O)CCC2=O)cc1.CSC. The van der Waals surface area contributed by atoms with Crippen molar-refractivity contribution in [1.82, 2.24) is 15.5 Å². The first-order valence-electron chi connectivity index (χ1n) is 13.6. The predicted molar refractivity (Wildman–Crippen MR) is 156 cm³/mol. The van der Waals surface area contributed by atoms with E-state index < -0.39 is 0 Å². The van der Waals surface area contributed by atoms with Gasteiger partial charge in [0.2, 0.25) is 29.5 Å². The van der Waals surface area contributed by atoms with Gasteiger partial charge in [-0.05, 0) is 43.0 Å². The summed E-state index contributed by atoms with van der Waals surface area (Å²) in [4.78, 5) is 59.7. The molecule has 0 aliphatic carbocycles. The van der Waals surface area contributed by atoms with Crippen LogP contribution in [0.1, 0.15) is 51.0 Å². The van der Waals surface area contributed by atoms with Gasteiger partial charge in [-0.15, -0.1) is 0 Å². The summed E-state index contributed by atoms with van der Waals surface area (Å²) in [5, 5.41) is 8.34. The van der Waals surface area contributed by atoms with Gasteiger partial charge in [-0.25, -0.2) is 0 Å². The minimum atomic E-state index is -0.247. The number of amides is 5.